The van der Waals surface area contributed by atoms with Crippen LogP contribution in [-0.4, -0.2) is 21.5 Å². The average Bonchev–Trinajstić information content (AvgIpc) is 2.69. The van der Waals surface area contributed by atoms with Gasteiger partial charge in [0.1, 0.15) is 0 Å². The third-order valence-corrected chi connectivity index (χ3v) is 4.38. The van der Waals surface area contributed by atoms with E-state index in [0.29, 0.717) is 24.0 Å². The molecular formula is C11H11ClO4S. The van der Waals surface area contributed by atoms with Gasteiger partial charge in [0.2, 0.25) is 0 Å². The first-order chi connectivity index (χ1) is 7.95. The fraction of sp³-hybridized carbons (Fsp3) is 0.364. The van der Waals surface area contributed by atoms with Gasteiger partial charge in [-0.1, -0.05) is 12.1 Å². The summed E-state index contributed by atoms with van der Waals surface area (Å²) in [6, 6.07) is 4.80. The molecule has 0 saturated carbocycles. The molecule has 2 rings (SSSR count). The van der Waals surface area contributed by atoms with E-state index in [9.17, 15) is 13.2 Å². The molecule has 6 heteroatoms. The van der Waals surface area contributed by atoms with Gasteiger partial charge in [0.15, 0.2) is 0 Å². The topological polar surface area (TPSA) is 60.4 Å². The highest BCUT2D eigenvalue weighted by molar-refractivity contribution is 8.13. The second kappa shape index (κ2) is 4.31. The number of esters is 1. The van der Waals surface area contributed by atoms with Crippen LogP contribution in [-0.2, 0) is 25.0 Å². The summed E-state index contributed by atoms with van der Waals surface area (Å²) in [6.07, 6.45) is 1.09. The summed E-state index contributed by atoms with van der Waals surface area (Å²) < 4.78 is 27.5. The quantitative estimate of drug-likeness (QED) is 0.610. The summed E-state index contributed by atoms with van der Waals surface area (Å²) in [5.41, 5.74) is 1.34. The van der Waals surface area contributed by atoms with Crippen molar-refractivity contribution in [1.82, 2.24) is 0 Å². The summed E-state index contributed by atoms with van der Waals surface area (Å²) >= 11 is 0. The van der Waals surface area contributed by atoms with Crippen molar-refractivity contribution in [3.63, 3.8) is 0 Å². The number of halogens is 1. The van der Waals surface area contributed by atoms with Crippen molar-refractivity contribution in [2.24, 2.45) is 0 Å². The van der Waals surface area contributed by atoms with Crippen LogP contribution in [0, 0.1) is 0 Å². The molecule has 0 heterocycles. The van der Waals surface area contributed by atoms with Crippen LogP contribution in [0.3, 0.4) is 0 Å². The molecular weight excluding hydrogens is 264 g/mol. The first-order valence-corrected chi connectivity index (χ1v) is 7.40. The molecule has 0 spiro atoms. The number of hydrogen-bond donors (Lipinski definition) is 0. The lowest BCUT2D eigenvalue weighted by Gasteiger charge is -2.09. The molecule has 4 nitrogen and oxygen atoms in total. The summed E-state index contributed by atoms with van der Waals surface area (Å²) in [7, 11) is 2.92. The van der Waals surface area contributed by atoms with E-state index in [1.165, 1.54) is 13.2 Å². The second-order valence-corrected chi connectivity index (χ2v) is 6.41. The lowest BCUT2D eigenvalue weighted by Crippen LogP contribution is -2.11. The molecule has 1 aromatic rings. The molecule has 0 aliphatic heterocycles. The average molecular weight is 275 g/mol. The highest BCUT2D eigenvalue weighted by Gasteiger charge is 2.32. The lowest BCUT2D eigenvalue weighted by molar-refractivity contribution is -0.142. The number of benzene rings is 1. The third kappa shape index (κ3) is 2.17. The number of rotatable bonds is 2. The lowest BCUT2D eigenvalue weighted by atomic mass is 10.0. The Morgan fingerprint density at radius 2 is 2.18 bits per heavy atom. The summed E-state index contributed by atoms with van der Waals surface area (Å²) in [5, 5.41) is 0. The Morgan fingerprint density at radius 1 is 1.47 bits per heavy atom. The molecule has 1 atom stereocenters. The van der Waals surface area contributed by atoms with Gasteiger partial charge in [-0.05, 0) is 30.0 Å². The van der Waals surface area contributed by atoms with Crippen molar-refractivity contribution in [2.45, 2.75) is 23.7 Å². The summed E-state index contributed by atoms with van der Waals surface area (Å²) in [6.45, 7) is 0. The molecule has 17 heavy (non-hydrogen) atoms. The van der Waals surface area contributed by atoms with Crippen molar-refractivity contribution in [2.75, 3.05) is 7.11 Å². The smallest absolute Gasteiger partial charge is 0.313 e. The predicted octanol–water partition coefficient (Wildman–Crippen LogP) is 1.82. The monoisotopic (exact) mass is 274 g/mol. The van der Waals surface area contributed by atoms with Gasteiger partial charge in [-0.25, -0.2) is 8.42 Å². The second-order valence-electron chi connectivity index (χ2n) is 3.88. The third-order valence-electron chi connectivity index (χ3n) is 2.98. The molecule has 0 amide bonds. The van der Waals surface area contributed by atoms with Crippen molar-refractivity contribution in [1.29, 1.82) is 0 Å². The Labute approximate surface area is 104 Å². The SMILES string of the molecule is COC(=O)C1CCc2c1cccc2S(=O)(=O)Cl. The van der Waals surface area contributed by atoms with E-state index < -0.39 is 9.05 Å². The van der Waals surface area contributed by atoms with Gasteiger partial charge < -0.3 is 4.74 Å². The number of carbonyl (C=O) groups excluding carboxylic acids is 1. The van der Waals surface area contributed by atoms with Gasteiger partial charge >= 0.3 is 5.97 Å². The summed E-state index contributed by atoms with van der Waals surface area (Å²) in [5.74, 6) is -0.721. The van der Waals surface area contributed by atoms with E-state index in [-0.39, 0.29) is 16.8 Å². The minimum atomic E-state index is -3.76. The van der Waals surface area contributed by atoms with Crippen LogP contribution in [0.5, 0.6) is 0 Å². The zero-order valence-electron chi connectivity index (χ0n) is 9.14. The van der Waals surface area contributed by atoms with E-state index in [4.69, 9.17) is 15.4 Å². The predicted molar refractivity (Wildman–Crippen MR) is 62.6 cm³/mol. The van der Waals surface area contributed by atoms with Gasteiger partial charge in [0.25, 0.3) is 9.05 Å². The Hall–Kier alpha value is -1.07. The number of ether oxygens (including phenoxy) is 1. The maximum Gasteiger partial charge on any atom is 0.313 e. The Morgan fingerprint density at radius 3 is 2.76 bits per heavy atom. The summed E-state index contributed by atoms with van der Waals surface area (Å²) in [4.78, 5) is 11.6. The number of fused-ring (bicyclic) bond motifs is 1. The van der Waals surface area contributed by atoms with E-state index in [2.05, 4.69) is 0 Å². The first-order valence-electron chi connectivity index (χ1n) is 5.09. The van der Waals surface area contributed by atoms with Crippen LogP contribution in [0.25, 0.3) is 0 Å². The minimum Gasteiger partial charge on any atom is -0.469 e. The van der Waals surface area contributed by atoms with Gasteiger partial charge in [-0.3, -0.25) is 4.79 Å². The van der Waals surface area contributed by atoms with E-state index in [1.54, 1.807) is 12.1 Å². The molecule has 0 fully saturated rings. The Kier molecular flexibility index (Phi) is 3.14. The largest absolute Gasteiger partial charge is 0.469 e. The van der Waals surface area contributed by atoms with Gasteiger partial charge in [0.05, 0.1) is 17.9 Å². The van der Waals surface area contributed by atoms with Crippen LogP contribution in [0.4, 0.5) is 0 Å². The van der Waals surface area contributed by atoms with E-state index in [1.807, 2.05) is 0 Å². The molecule has 0 bridgehead atoms. The first kappa shape index (κ1) is 12.4. The molecule has 1 unspecified atom stereocenters. The van der Waals surface area contributed by atoms with Crippen molar-refractivity contribution in [3.05, 3.63) is 29.3 Å². The Bertz CT molecular complexity index is 565. The standard InChI is InChI=1S/C11H11ClO4S/c1-16-11(13)9-6-5-8-7(9)3-2-4-10(8)17(12,14)15/h2-4,9H,5-6H2,1H3. The molecule has 0 radical (unpaired) electrons. The number of methoxy groups -OCH3 is 1. The van der Waals surface area contributed by atoms with Gasteiger partial charge in [0, 0.05) is 10.7 Å². The van der Waals surface area contributed by atoms with Crippen molar-refractivity contribution in [3.8, 4) is 0 Å². The fourth-order valence-corrected chi connectivity index (χ4v) is 3.43. The zero-order chi connectivity index (χ0) is 12.6. The molecule has 1 aliphatic carbocycles. The molecule has 1 aliphatic rings. The Balaban J connectivity index is 2.54. The van der Waals surface area contributed by atoms with E-state index >= 15 is 0 Å². The van der Waals surface area contributed by atoms with Crippen LogP contribution in [0.15, 0.2) is 23.1 Å². The maximum absolute atomic E-state index is 11.5. The number of hydrogen-bond acceptors (Lipinski definition) is 4. The minimum absolute atomic E-state index is 0.100. The molecule has 0 saturated heterocycles. The zero-order valence-corrected chi connectivity index (χ0v) is 10.7. The molecule has 1 aromatic carbocycles. The van der Waals surface area contributed by atoms with Crippen LogP contribution in [0.2, 0.25) is 0 Å². The van der Waals surface area contributed by atoms with Gasteiger partial charge in [-0.2, -0.15) is 0 Å². The van der Waals surface area contributed by atoms with Crippen molar-refractivity contribution >= 4 is 25.7 Å². The maximum atomic E-state index is 11.5. The normalized spacial score (nSPS) is 18.8. The number of carbonyl (C=O) groups is 1. The highest BCUT2D eigenvalue weighted by Crippen LogP contribution is 2.38. The molecule has 0 aromatic heterocycles. The fourth-order valence-electron chi connectivity index (χ4n) is 2.24. The van der Waals surface area contributed by atoms with Gasteiger partial charge in [-0.15, -0.1) is 0 Å². The van der Waals surface area contributed by atoms with Crippen LogP contribution < -0.4 is 0 Å². The van der Waals surface area contributed by atoms with Crippen LogP contribution in [0.1, 0.15) is 23.5 Å². The van der Waals surface area contributed by atoms with Crippen molar-refractivity contribution < 1.29 is 17.9 Å². The molecule has 92 valence electrons. The van der Waals surface area contributed by atoms with E-state index in [0.717, 1.165) is 0 Å². The highest BCUT2D eigenvalue weighted by atomic mass is 35.7. The van der Waals surface area contributed by atoms with Crippen LogP contribution >= 0.6 is 10.7 Å². The molecule has 0 N–H and O–H groups in total.